The standard InChI is InChI=1S/C12H16ClNO3/c1-12(2,7-17-11(14)16)10(15)8-3-5-9(13)6-4-8/h3-6,10,15H,7H2,1-2H3,(H2,14,16)/t10-/m0/s1. The smallest absolute Gasteiger partial charge is 0.404 e. The average Bonchev–Trinajstić information content (AvgIpc) is 2.27. The average molecular weight is 258 g/mol. The molecule has 17 heavy (non-hydrogen) atoms. The van der Waals surface area contributed by atoms with Gasteiger partial charge in [-0.1, -0.05) is 37.6 Å². The lowest BCUT2D eigenvalue weighted by Crippen LogP contribution is -2.30. The molecule has 4 nitrogen and oxygen atoms in total. The Morgan fingerprint density at radius 3 is 2.47 bits per heavy atom. The van der Waals surface area contributed by atoms with Crippen LogP contribution in [0.2, 0.25) is 5.02 Å². The van der Waals surface area contributed by atoms with E-state index >= 15 is 0 Å². The molecule has 5 heteroatoms. The molecule has 0 fully saturated rings. The molecule has 1 aromatic carbocycles. The first-order valence-corrected chi connectivity index (χ1v) is 5.56. The van der Waals surface area contributed by atoms with Crippen molar-refractivity contribution in [1.82, 2.24) is 0 Å². The molecule has 0 bridgehead atoms. The van der Waals surface area contributed by atoms with Gasteiger partial charge in [0.25, 0.3) is 0 Å². The highest BCUT2D eigenvalue weighted by Crippen LogP contribution is 2.33. The minimum absolute atomic E-state index is 0.0477. The highest BCUT2D eigenvalue weighted by molar-refractivity contribution is 6.30. The van der Waals surface area contributed by atoms with Gasteiger partial charge < -0.3 is 15.6 Å². The van der Waals surface area contributed by atoms with Crippen molar-refractivity contribution in [3.63, 3.8) is 0 Å². The molecule has 0 saturated carbocycles. The van der Waals surface area contributed by atoms with Gasteiger partial charge in [-0.25, -0.2) is 4.79 Å². The summed E-state index contributed by atoms with van der Waals surface area (Å²) in [5, 5.41) is 10.8. The van der Waals surface area contributed by atoms with E-state index in [4.69, 9.17) is 22.1 Å². The predicted molar refractivity (Wildman–Crippen MR) is 65.7 cm³/mol. The van der Waals surface area contributed by atoms with E-state index in [9.17, 15) is 9.90 Å². The van der Waals surface area contributed by atoms with Crippen LogP contribution in [0, 0.1) is 5.41 Å². The maximum atomic E-state index is 10.6. The first-order valence-electron chi connectivity index (χ1n) is 5.19. The fourth-order valence-corrected chi connectivity index (χ4v) is 1.56. The van der Waals surface area contributed by atoms with E-state index < -0.39 is 17.6 Å². The summed E-state index contributed by atoms with van der Waals surface area (Å²) in [7, 11) is 0. The summed E-state index contributed by atoms with van der Waals surface area (Å²) in [5.74, 6) is 0. The molecule has 0 aliphatic carbocycles. The van der Waals surface area contributed by atoms with Crippen molar-refractivity contribution >= 4 is 17.7 Å². The molecule has 0 saturated heterocycles. The number of amides is 1. The number of aliphatic hydroxyl groups excluding tert-OH is 1. The molecule has 0 heterocycles. The molecule has 0 aliphatic rings. The zero-order valence-corrected chi connectivity index (χ0v) is 10.6. The summed E-state index contributed by atoms with van der Waals surface area (Å²) in [6.07, 6.45) is -1.61. The summed E-state index contributed by atoms with van der Waals surface area (Å²) >= 11 is 5.77. The molecule has 0 spiro atoms. The van der Waals surface area contributed by atoms with Gasteiger partial charge in [-0.05, 0) is 17.7 Å². The van der Waals surface area contributed by atoms with Crippen molar-refractivity contribution in [2.75, 3.05) is 6.61 Å². The number of rotatable bonds is 4. The number of aliphatic hydroxyl groups is 1. The third-order valence-corrected chi connectivity index (χ3v) is 2.76. The van der Waals surface area contributed by atoms with Crippen LogP contribution in [-0.4, -0.2) is 17.8 Å². The van der Waals surface area contributed by atoms with Crippen LogP contribution in [-0.2, 0) is 4.74 Å². The van der Waals surface area contributed by atoms with Crippen molar-refractivity contribution in [1.29, 1.82) is 0 Å². The molecule has 3 N–H and O–H groups in total. The van der Waals surface area contributed by atoms with E-state index in [-0.39, 0.29) is 6.61 Å². The monoisotopic (exact) mass is 257 g/mol. The molecule has 1 amide bonds. The third-order valence-electron chi connectivity index (χ3n) is 2.51. The Morgan fingerprint density at radius 1 is 1.47 bits per heavy atom. The molecular formula is C12H16ClNO3. The maximum Gasteiger partial charge on any atom is 0.404 e. The number of halogens is 1. The second-order valence-corrected chi connectivity index (χ2v) is 4.99. The number of ether oxygens (including phenoxy) is 1. The lowest BCUT2D eigenvalue weighted by molar-refractivity contribution is 0.000345. The Labute approximate surface area is 105 Å². The van der Waals surface area contributed by atoms with E-state index in [1.165, 1.54) is 0 Å². The molecule has 0 aromatic heterocycles. The van der Waals surface area contributed by atoms with Crippen LogP contribution in [0.15, 0.2) is 24.3 Å². The van der Waals surface area contributed by atoms with E-state index in [2.05, 4.69) is 0 Å². The molecule has 1 rings (SSSR count). The number of carbonyl (C=O) groups is 1. The topological polar surface area (TPSA) is 72.5 Å². The Kier molecular flexibility index (Phi) is 4.37. The first kappa shape index (κ1) is 13.8. The quantitative estimate of drug-likeness (QED) is 0.870. The van der Waals surface area contributed by atoms with Crippen molar-refractivity contribution in [3.05, 3.63) is 34.9 Å². The summed E-state index contributed by atoms with van der Waals surface area (Å²) in [4.78, 5) is 10.6. The van der Waals surface area contributed by atoms with Gasteiger partial charge >= 0.3 is 6.09 Å². The van der Waals surface area contributed by atoms with Crippen LogP contribution >= 0.6 is 11.6 Å². The van der Waals surface area contributed by atoms with Crippen LogP contribution in [0.3, 0.4) is 0 Å². The van der Waals surface area contributed by atoms with Gasteiger partial charge in [0.05, 0.1) is 6.10 Å². The summed E-state index contributed by atoms with van der Waals surface area (Å²) in [6, 6.07) is 6.87. The minimum atomic E-state index is -0.846. The Balaban J connectivity index is 2.76. The van der Waals surface area contributed by atoms with Crippen LogP contribution in [0.1, 0.15) is 25.5 Å². The number of carbonyl (C=O) groups excluding carboxylic acids is 1. The summed E-state index contributed by atoms with van der Waals surface area (Å²) < 4.78 is 4.73. The van der Waals surface area contributed by atoms with E-state index in [0.717, 1.165) is 0 Å². The molecule has 0 unspecified atom stereocenters. The van der Waals surface area contributed by atoms with Crippen molar-refractivity contribution in [3.8, 4) is 0 Å². The van der Waals surface area contributed by atoms with Crippen molar-refractivity contribution in [2.24, 2.45) is 11.1 Å². The molecule has 0 radical (unpaired) electrons. The van der Waals surface area contributed by atoms with E-state index in [1.807, 2.05) is 0 Å². The number of hydrogen-bond donors (Lipinski definition) is 2. The van der Waals surface area contributed by atoms with Crippen molar-refractivity contribution in [2.45, 2.75) is 20.0 Å². The molecular weight excluding hydrogens is 242 g/mol. The Morgan fingerprint density at radius 2 is 2.00 bits per heavy atom. The van der Waals surface area contributed by atoms with Gasteiger partial charge in [-0.15, -0.1) is 0 Å². The number of hydrogen-bond acceptors (Lipinski definition) is 3. The normalized spacial score (nSPS) is 13.2. The Hall–Kier alpha value is -1.26. The van der Waals surface area contributed by atoms with Crippen LogP contribution in [0.5, 0.6) is 0 Å². The minimum Gasteiger partial charge on any atom is -0.449 e. The molecule has 94 valence electrons. The largest absolute Gasteiger partial charge is 0.449 e. The Bertz CT molecular complexity index is 389. The van der Waals surface area contributed by atoms with Gasteiger partial charge in [0, 0.05) is 10.4 Å². The van der Waals surface area contributed by atoms with Crippen LogP contribution < -0.4 is 5.73 Å². The third kappa shape index (κ3) is 3.91. The summed E-state index contributed by atoms with van der Waals surface area (Å²) in [5.41, 5.74) is 4.99. The number of primary amides is 1. The zero-order chi connectivity index (χ0) is 13.1. The lowest BCUT2D eigenvalue weighted by Gasteiger charge is -2.29. The van der Waals surface area contributed by atoms with Crippen LogP contribution in [0.4, 0.5) is 4.79 Å². The molecule has 1 atom stereocenters. The predicted octanol–water partition coefficient (Wildman–Crippen LogP) is 2.49. The second kappa shape index (κ2) is 5.38. The van der Waals surface area contributed by atoms with Gasteiger partial charge in [0.15, 0.2) is 0 Å². The molecule has 1 aromatic rings. The van der Waals surface area contributed by atoms with E-state index in [0.29, 0.717) is 10.6 Å². The zero-order valence-electron chi connectivity index (χ0n) is 9.81. The first-order chi connectivity index (χ1) is 7.83. The van der Waals surface area contributed by atoms with Gasteiger partial charge in [-0.2, -0.15) is 0 Å². The fourth-order valence-electron chi connectivity index (χ4n) is 1.43. The van der Waals surface area contributed by atoms with Gasteiger partial charge in [0.2, 0.25) is 0 Å². The SMILES string of the molecule is CC(C)(COC(N)=O)[C@@H](O)c1ccc(Cl)cc1. The lowest BCUT2D eigenvalue weighted by atomic mass is 9.83. The highest BCUT2D eigenvalue weighted by atomic mass is 35.5. The van der Waals surface area contributed by atoms with Crippen molar-refractivity contribution < 1.29 is 14.6 Å². The van der Waals surface area contributed by atoms with E-state index in [1.54, 1.807) is 38.1 Å². The molecule has 0 aliphatic heterocycles. The van der Waals surface area contributed by atoms with Gasteiger partial charge in [0.1, 0.15) is 6.61 Å². The fraction of sp³-hybridized carbons (Fsp3) is 0.417. The summed E-state index contributed by atoms with van der Waals surface area (Å²) in [6.45, 7) is 3.62. The second-order valence-electron chi connectivity index (χ2n) is 4.55. The number of nitrogens with two attached hydrogens (primary N) is 1. The number of benzene rings is 1. The van der Waals surface area contributed by atoms with Crippen LogP contribution in [0.25, 0.3) is 0 Å². The maximum absolute atomic E-state index is 10.6. The van der Waals surface area contributed by atoms with Gasteiger partial charge in [-0.3, -0.25) is 0 Å². The highest BCUT2D eigenvalue weighted by Gasteiger charge is 2.30.